The van der Waals surface area contributed by atoms with E-state index in [2.05, 4.69) is 25.9 Å². The molecule has 1 atom stereocenters. The molecule has 4 aromatic rings. The van der Waals surface area contributed by atoms with Gasteiger partial charge in [-0.1, -0.05) is 28.1 Å². The molecule has 1 aliphatic rings. The summed E-state index contributed by atoms with van der Waals surface area (Å²) in [5, 5.41) is 9.94. The maximum absolute atomic E-state index is 9.94. The summed E-state index contributed by atoms with van der Waals surface area (Å²) in [6.45, 7) is 2.34. The van der Waals surface area contributed by atoms with E-state index >= 15 is 0 Å². The second kappa shape index (κ2) is 7.17. The zero-order chi connectivity index (χ0) is 20.0. The second-order valence-electron chi connectivity index (χ2n) is 7.11. The summed E-state index contributed by atoms with van der Waals surface area (Å²) in [6.07, 6.45) is 1.83. The van der Waals surface area contributed by atoms with Gasteiger partial charge in [-0.05, 0) is 48.9 Å². The van der Waals surface area contributed by atoms with Crippen molar-refractivity contribution >= 4 is 38.5 Å². The molecule has 5 rings (SSSR count). The molecular weight excluding hydrogens is 432 g/mol. The van der Waals surface area contributed by atoms with Gasteiger partial charge in [-0.25, -0.2) is 9.97 Å². The molecule has 6 nitrogen and oxygen atoms in total. The minimum absolute atomic E-state index is 0.0299. The number of aryl methyl sites for hydroxylation is 1. The molecule has 0 spiro atoms. The molecule has 0 radical (unpaired) electrons. The van der Waals surface area contributed by atoms with E-state index in [1.165, 1.54) is 0 Å². The van der Waals surface area contributed by atoms with Crippen molar-refractivity contribution in [3.05, 3.63) is 64.8 Å². The molecule has 0 amide bonds. The number of aliphatic hydroxyl groups excluding tert-OH is 1. The number of hydrogen-bond donors (Lipinski definition) is 2. The van der Waals surface area contributed by atoms with Gasteiger partial charge in [0.1, 0.15) is 18.2 Å². The quantitative estimate of drug-likeness (QED) is 0.477. The number of pyridine rings is 1. The number of nitrogens with one attached hydrogen (secondary N) is 1. The molecule has 146 valence electrons. The van der Waals surface area contributed by atoms with Crippen LogP contribution in [0.25, 0.3) is 22.4 Å². The molecule has 1 aliphatic heterocycles. The monoisotopic (exact) mass is 450 g/mol. The van der Waals surface area contributed by atoms with E-state index in [1.54, 1.807) is 0 Å². The Kier molecular flexibility index (Phi) is 4.49. The Morgan fingerprint density at radius 1 is 1.24 bits per heavy atom. The van der Waals surface area contributed by atoms with Gasteiger partial charge in [0.15, 0.2) is 5.75 Å². The van der Waals surface area contributed by atoms with Crippen LogP contribution in [0.5, 0.6) is 5.75 Å². The van der Waals surface area contributed by atoms with Gasteiger partial charge in [-0.3, -0.25) is 0 Å². The molecule has 0 aliphatic carbocycles. The topological polar surface area (TPSA) is 74.3 Å². The third-order valence-corrected chi connectivity index (χ3v) is 5.58. The molecule has 29 heavy (non-hydrogen) atoms. The van der Waals surface area contributed by atoms with Crippen LogP contribution >= 0.6 is 15.9 Å². The number of aliphatic hydroxyl groups is 1. The number of para-hydroxylation sites is 1. The fourth-order valence-corrected chi connectivity index (χ4v) is 4.02. The minimum atomic E-state index is -0.209. The highest BCUT2D eigenvalue weighted by molar-refractivity contribution is 9.10. The smallest absolute Gasteiger partial charge is 0.154 e. The van der Waals surface area contributed by atoms with Crippen molar-refractivity contribution in [1.29, 1.82) is 0 Å². The highest BCUT2D eigenvalue weighted by atomic mass is 79.9. The first-order valence-electron chi connectivity index (χ1n) is 9.38. The Hall–Kier alpha value is -2.90. The van der Waals surface area contributed by atoms with Gasteiger partial charge < -0.3 is 19.7 Å². The average molecular weight is 451 g/mol. The van der Waals surface area contributed by atoms with Crippen molar-refractivity contribution < 1.29 is 9.84 Å². The number of benzene rings is 2. The Balaban J connectivity index is 1.65. The predicted molar refractivity (Wildman–Crippen MR) is 117 cm³/mol. The number of ether oxygens (including phenoxy) is 1. The Labute approximate surface area is 176 Å². The number of hydrogen-bond acceptors (Lipinski definition) is 5. The number of aromatic nitrogens is 3. The van der Waals surface area contributed by atoms with E-state index in [4.69, 9.17) is 9.72 Å². The highest BCUT2D eigenvalue weighted by Crippen LogP contribution is 2.44. The molecule has 0 saturated carbocycles. The molecule has 3 heterocycles. The van der Waals surface area contributed by atoms with Crippen molar-refractivity contribution in [3.8, 4) is 17.1 Å². The van der Waals surface area contributed by atoms with Crippen LogP contribution in [0.1, 0.15) is 5.56 Å². The van der Waals surface area contributed by atoms with Gasteiger partial charge in [0, 0.05) is 10.7 Å². The van der Waals surface area contributed by atoms with Crippen LogP contribution in [0.2, 0.25) is 0 Å². The van der Waals surface area contributed by atoms with Crippen LogP contribution in [0, 0.1) is 6.92 Å². The summed E-state index contributed by atoms with van der Waals surface area (Å²) >= 11 is 3.50. The number of nitrogens with zero attached hydrogens (tertiary/aromatic N) is 3. The van der Waals surface area contributed by atoms with Crippen LogP contribution in [-0.4, -0.2) is 39.3 Å². The van der Waals surface area contributed by atoms with Crippen molar-refractivity contribution in [2.24, 2.45) is 0 Å². The summed E-state index contributed by atoms with van der Waals surface area (Å²) in [5.74, 6) is 2.26. The van der Waals surface area contributed by atoms with Gasteiger partial charge in [0.05, 0.1) is 34.9 Å². The van der Waals surface area contributed by atoms with Crippen molar-refractivity contribution in [2.75, 3.05) is 18.1 Å². The third kappa shape index (κ3) is 3.16. The van der Waals surface area contributed by atoms with Crippen molar-refractivity contribution in [2.45, 2.75) is 13.0 Å². The molecule has 2 N–H and O–H groups in total. The third-order valence-electron chi connectivity index (χ3n) is 5.09. The van der Waals surface area contributed by atoms with Crippen LogP contribution < -0.4 is 9.64 Å². The number of halogens is 1. The number of rotatable bonds is 3. The van der Waals surface area contributed by atoms with E-state index < -0.39 is 0 Å². The fourth-order valence-electron chi connectivity index (χ4n) is 3.66. The lowest BCUT2D eigenvalue weighted by atomic mass is 10.1. The van der Waals surface area contributed by atoms with Crippen LogP contribution in [0.15, 0.2) is 59.2 Å². The van der Waals surface area contributed by atoms with E-state index in [1.807, 2.05) is 66.6 Å². The largest absolute Gasteiger partial charge is 0.488 e. The van der Waals surface area contributed by atoms with Gasteiger partial charge in [-0.15, -0.1) is 0 Å². The summed E-state index contributed by atoms with van der Waals surface area (Å²) in [5.41, 5.74) is 4.68. The van der Waals surface area contributed by atoms with E-state index in [-0.39, 0.29) is 12.6 Å². The van der Waals surface area contributed by atoms with Gasteiger partial charge in [0.25, 0.3) is 0 Å². The lowest BCUT2D eigenvalue weighted by Gasteiger charge is -2.37. The van der Waals surface area contributed by atoms with Crippen molar-refractivity contribution in [3.63, 3.8) is 0 Å². The van der Waals surface area contributed by atoms with E-state index in [9.17, 15) is 5.11 Å². The molecule has 2 aromatic heterocycles. The number of anilines is 2. The normalized spacial score (nSPS) is 16.0. The molecule has 0 bridgehead atoms. The number of imidazole rings is 1. The highest BCUT2D eigenvalue weighted by Gasteiger charge is 2.31. The van der Waals surface area contributed by atoms with Crippen LogP contribution in [0.4, 0.5) is 11.5 Å². The summed E-state index contributed by atoms with van der Waals surface area (Å²) in [4.78, 5) is 14.7. The molecule has 1 unspecified atom stereocenters. The maximum atomic E-state index is 9.94. The fraction of sp³-hybridized carbons (Fsp3) is 0.182. The summed E-state index contributed by atoms with van der Waals surface area (Å²) in [6, 6.07) is 15.7. The lowest BCUT2D eigenvalue weighted by Crippen LogP contribution is -2.43. The van der Waals surface area contributed by atoms with Gasteiger partial charge >= 0.3 is 0 Å². The van der Waals surface area contributed by atoms with Crippen LogP contribution in [-0.2, 0) is 0 Å². The maximum Gasteiger partial charge on any atom is 0.154 e. The average Bonchev–Trinajstić information content (AvgIpc) is 3.16. The molecule has 0 saturated heterocycles. The van der Waals surface area contributed by atoms with E-state index in [0.717, 1.165) is 49.7 Å². The van der Waals surface area contributed by atoms with E-state index in [0.29, 0.717) is 6.61 Å². The Morgan fingerprint density at radius 2 is 2.14 bits per heavy atom. The van der Waals surface area contributed by atoms with Gasteiger partial charge in [0.2, 0.25) is 0 Å². The first-order chi connectivity index (χ1) is 14.1. The standard InChI is InChI=1S/C22H19BrN4O2/c1-13-5-8-20(24-10-13)27-15(11-28)12-29-21-16(3-2-4-19(21)27)22-25-17-7-6-14(23)9-18(17)26-22/h2-10,15,28H,11-12H2,1H3,(H,25,26). The first kappa shape index (κ1) is 18.1. The predicted octanol–water partition coefficient (Wildman–Crippen LogP) is 4.59. The van der Waals surface area contributed by atoms with Crippen molar-refractivity contribution in [1.82, 2.24) is 15.0 Å². The molecular formula is C22H19BrN4O2. The zero-order valence-corrected chi connectivity index (χ0v) is 17.3. The minimum Gasteiger partial charge on any atom is -0.488 e. The summed E-state index contributed by atoms with van der Waals surface area (Å²) in [7, 11) is 0. The molecule has 0 fully saturated rings. The Morgan fingerprint density at radius 3 is 2.93 bits per heavy atom. The van der Waals surface area contributed by atoms with Crippen LogP contribution in [0.3, 0.4) is 0 Å². The zero-order valence-electron chi connectivity index (χ0n) is 15.8. The lowest BCUT2D eigenvalue weighted by molar-refractivity contribution is 0.195. The molecule has 7 heteroatoms. The second-order valence-corrected chi connectivity index (χ2v) is 8.03. The molecule has 2 aromatic carbocycles. The summed E-state index contributed by atoms with van der Waals surface area (Å²) < 4.78 is 7.10. The SMILES string of the molecule is Cc1ccc(N2c3cccc(-c4nc5ccc(Br)cc5[nH]4)c3OCC2CO)nc1. The number of aromatic amines is 1. The Bertz CT molecular complexity index is 1190. The number of fused-ring (bicyclic) bond motifs is 2. The number of H-pyrrole nitrogens is 1. The first-order valence-corrected chi connectivity index (χ1v) is 10.2. The van der Waals surface area contributed by atoms with Gasteiger partial charge in [-0.2, -0.15) is 0 Å².